The van der Waals surface area contributed by atoms with E-state index in [-0.39, 0.29) is 24.4 Å². The number of rotatable bonds is 4. The van der Waals surface area contributed by atoms with Gasteiger partial charge in [0.2, 0.25) is 11.8 Å². The molecule has 3 amide bonds. The number of aromatic nitrogens is 1. The molecule has 2 N–H and O–H groups in total. The van der Waals surface area contributed by atoms with Gasteiger partial charge in [-0.05, 0) is 12.1 Å². The van der Waals surface area contributed by atoms with Crippen LogP contribution < -0.4 is 10.9 Å². The van der Waals surface area contributed by atoms with E-state index in [0.717, 1.165) is 0 Å². The average Bonchev–Trinajstić information content (AvgIpc) is 2.59. The number of hydrogen-bond acceptors (Lipinski definition) is 5. The molecule has 118 valence electrons. The van der Waals surface area contributed by atoms with E-state index < -0.39 is 11.8 Å². The van der Waals surface area contributed by atoms with Gasteiger partial charge in [0.1, 0.15) is 5.69 Å². The van der Waals surface area contributed by atoms with Gasteiger partial charge in [-0.3, -0.25) is 30.2 Å². The monoisotopic (exact) mass is 306 g/mol. The minimum Gasteiger partial charge on any atom is -0.378 e. The van der Waals surface area contributed by atoms with Gasteiger partial charge in [0.15, 0.2) is 0 Å². The fourth-order valence-corrected chi connectivity index (χ4v) is 1.94. The Hall–Kier alpha value is -2.48. The van der Waals surface area contributed by atoms with E-state index in [9.17, 15) is 14.4 Å². The molecule has 0 spiro atoms. The first kappa shape index (κ1) is 15.9. The third kappa shape index (κ3) is 4.81. The number of carbonyl (C=O) groups is 3. The largest absolute Gasteiger partial charge is 0.378 e. The molecule has 0 aromatic carbocycles. The van der Waals surface area contributed by atoms with Gasteiger partial charge >= 0.3 is 0 Å². The fraction of sp³-hybridized carbons (Fsp3) is 0.429. The van der Waals surface area contributed by atoms with Crippen LogP contribution >= 0.6 is 0 Å². The van der Waals surface area contributed by atoms with Crippen molar-refractivity contribution < 1.29 is 19.1 Å². The van der Waals surface area contributed by atoms with Crippen molar-refractivity contribution in [2.75, 3.05) is 26.3 Å². The summed E-state index contributed by atoms with van der Waals surface area (Å²) in [6.07, 6.45) is 1.60. The zero-order valence-corrected chi connectivity index (χ0v) is 12.1. The van der Waals surface area contributed by atoms with Crippen molar-refractivity contribution >= 4 is 17.7 Å². The molecular weight excluding hydrogens is 288 g/mol. The minimum absolute atomic E-state index is 0.0126. The summed E-state index contributed by atoms with van der Waals surface area (Å²) in [6.45, 7) is 2.16. The number of hydrazine groups is 1. The van der Waals surface area contributed by atoms with Crippen LogP contribution in [0.3, 0.4) is 0 Å². The van der Waals surface area contributed by atoms with Crippen molar-refractivity contribution in [1.29, 1.82) is 0 Å². The van der Waals surface area contributed by atoms with E-state index in [4.69, 9.17) is 4.74 Å². The highest BCUT2D eigenvalue weighted by Crippen LogP contribution is 2.02. The normalized spacial score (nSPS) is 14.3. The van der Waals surface area contributed by atoms with Crippen LogP contribution in [0.2, 0.25) is 0 Å². The molecule has 0 saturated carbocycles. The minimum atomic E-state index is -0.506. The van der Waals surface area contributed by atoms with Crippen molar-refractivity contribution in [3.8, 4) is 0 Å². The Morgan fingerprint density at radius 1 is 1.14 bits per heavy atom. The number of morpholine rings is 1. The summed E-state index contributed by atoms with van der Waals surface area (Å²) in [5.74, 6) is -1.02. The molecule has 0 atom stereocenters. The number of nitrogens with one attached hydrogen (secondary N) is 2. The molecule has 22 heavy (non-hydrogen) atoms. The van der Waals surface area contributed by atoms with E-state index >= 15 is 0 Å². The summed E-state index contributed by atoms with van der Waals surface area (Å²) in [5.41, 5.74) is 4.72. The topological polar surface area (TPSA) is 101 Å². The molecule has 8 nitrogen and oxygen atoms in total. The number of hydrogen-bond donors (Lipinski definition) is 2. The second-order valence-corrected chi connectivity index (χ2v) is 4.71. The molecular formula is C14H18N4O4. The van der Waals surface area contributed by atoms with Gasteiger partial charge in [0.25, 0.3) is 5.91 Å². The molecule has 8 heteroatoms. The number of amides is 3. The lowest BCUT2D eigenvalue weighted by Crippen LogP contribution is -2.43. The van der Waals surface area contributed by atoms with Gasteiger partial charge in [0.05, 0.1) is 13.2 Å². The molecule has 1 fully saturated rings. The summed E-state index contributed by atoms with van der Waals surface area (Å²) in [5, 5.41) is 0. The Morgan fingerprint density at radius 3 is 2.59 bits per heavy atom. The van der Waals surface area contributed by atoms with Crippen LogP contribution in [0.4, 0.5) is 0 Å². The van der Waals surface area contributed by atoms with E-state index in [1.807, 2.05) is 0 Å². The summed E-state index contributed by atoms with van der Waals surface area (Å²) < 4.78 is 5.16. The Kier molecular flexibility index (Phi) is 5.84. The number of nitrogens with zero attached hydrogens (tertiary/aromatic N) is 2. The van der Waals surface area contributed by atoms with Crippen LogP contribution in [-0.2, 0) is 14.3 Å². The van der Waals surface area contributed by atoms with Crippen LogP contribution in [0.15, 0.2) is 24.4 Å². The third-order valence-corrected chi connectivity index (χ3v) is 3.14. The summed E-state index contributed by atoms with van der Waals surface area (Å²) >= 11 is 0. The van der Waals surface area contributed by atoms with Crippen molar-refractivity contribution in [3.63, 3.8) is 0 Å². The van der Waals surface area contributed by atoms with Crippen LogP contribution in [0, 0.1) is 0 Å². The van der Waals surface area contributed by atoms with Crippen LogP contribution in [0.5, 0.6) is 0 Å². The molecule has 2 rings (SSSR count). The van der Waals surface area contributed by atoms with Crippen LogP contribution in [-0.4, -0.2) is 53.9 Å². The standard InChI is InChI=1S/C14H18N4O4/c19-12(4-5-13(20)18-7-9-22-10-8-18)16-17-14(21)11-3-1-2-6-15-11/h1-3,6H,4-5,7-10H2,(H,16,19)(H,17,21). The molecule has 1 aromatic heterocycles. The third-order valence-electron chi connectivity index (χ3n) is 3.14. The summed E-state index contributed by atoms with van der Waals surface area (Å²) in [4.78, 5) is 40.7. The van der Waals surface area contributed by atoms with Gasteiger partial charge in [-0.2, -0.15) is 0 Å². The highest BCUT2D eigenvalue weighted by Gasteiger charge is 2.17. The van der Waals surface area contributed by atoms with Gasteiger partial charge in [0, 0.05) is 32.1 Å². The Morgan fingerprint density at radius 2 is 1.91 bits per heavy atom. The Balaban J connectivity index is 1.67. The Labute approximate surface area is 127 Å². The molecule has 0 aliphatic carbocycles. The van der Waals surface area contributed by atoms with E-state index in [0.29, 0.717) is 26.3 Å². The number of ether oxygens (including phenoxy) is 1. The van der Waals surface area contributed by atoms with Crippen LogP contribution in [0.25, 0.3) is 0 Å². The average molecular weight is 306 g/mol. The van der Waals surface area contributed by atoms with E-state index in [1.54, 1.807) is 17.0 Å². The predicted molar refractivity (Wildman–Crippen MR) is 76.5 cm³/mol. The fourth-order valence-electron chi connectivity index (χ4n) is 1.94. The molecule has 1 saturated heterocycles. The van der Waals surface area contributed by atoms with E-state index in [1.165, 1.54) is 12.3 Å². The molecule has 1 aliphatic heterocycles. The first-order valence-corrected chi connectivity index (χ1v) is 7.02. The van der Waals surface area contributed by atoms with Crippen molar-refractivity contribution in [1.82, 2.24) is 20.7 Å². The maximum Gasteiger partial charge on any atom is 0.288 e. The lowest BCUT2D eigenvalue weighted by molar-refractivity contribution is -0.137. The van der Waals surface area contributed by atoms with E-state index in [2.05, 4.69) is 15.8 Å². The zero-order valence-electron chi connectivity index (χ0n) is 12.1. The molecule has 0 unspecified atom stereocenters. The number of pyridine rings is 1. The molecule has 2 heterocycles. The van der Waals surface area contributed by atoms with Crippen molar-refractivity contribution in [2.24, 2.45) is 0 Å². The van der Waals surface area contributed by atoms with Gasteiger partial charge in [-0.15, -0.1) is 0 Å². The second kappa shape index (κ2) is 8.08. The van der Waals surface area contributed by atoms with Gasteiger partial charge < -0.3 is 9.64 Å². The maximum absolute atomic E-state index is 11.9. The first-order valence-electron chi connectivity index (χ1n) is 7.02. The van der Waals surface area contributed by atoms with Crippen LogP contribution in [0.1, 0.15) is 23.3 Å². The molecule has 1 aliphatic rings. The lowest BCUT2D eigenvalue weighted by Gasteiger charge is -2.26. The van der Waals surface area contributed by atoms with Crippen molar-refractivity contribution in [3.05, 3.63) is 30.1 Å². The second-order valence-electron chi connectivity index (χ2n) is 4.71. The quantitative estimate of drug-likeness (QED) is 0.729. The first-order chi connectivity index (χ1) is 10.7. The highest BCUT2D eigenvalue weighted by atomic mass is 16.5. The smallest absolute Gasteiger partial charge is 0.288 e. The summed E-state index contributed by atoms with van der Waals surface area (Å²) in [7, 11) is 0. The highest BCUT2D eigenvalue weighted by molar-refractivity contribution is 5.93. The van der Waals surface area contributed by atoms with Crippen molar-refractivity contribution in [2.45, 2.75) is 12.8 Å². The number of carbonyl (C=O) groups excluding carboxylic acids is 3. The summed E-state index contributed by atoms with van der Waals surface area (Å²) in [6, 6.07) is 4.89. The lowest BCUT2D eigenvalue weighted by atomic mass is 10.2. The SMILES string of the molecule is O=C(CCC(=O)N1CCOCC1)NNC(=O)c1ccccn1. The molecule has 1 aromatic rings. The Bertz CT molecular complexity index is 529. The zero-order chi connectivity index (χ0) is 15.8. The molecule has 0 radical (unpaired) electrons. The van der Waals surface area contributed by atoms with Gasteiger partial charge in [-0.1, -0.05) is 6.07 Å². The predicted octanol–water partition coefficient (Wildman–Crippen LogP) is -0.518. The van der Waals surface area contributed by atoms with Gasteiger partial charge in [-0.25, -0.2) is 0 Å². The molecule has 0 bridgehead atoms. The maximum atomic E-state index is 11.9.